The summed E-state index contributed by atoms with van der Waals surface area (Å²) >= 11 is 1.15. The van der Waals surface area contributed by atoms with Crippen LogP contribution in [0.4, 0.5) is 15.2 Å². The summed E-state index contributed by atoms with van der Waals surface area (Å²) < 4.78 is 40.0. The Kier molecular flexibility index (Phi) is 4.29. The van der Waals surface area contributed by atoms with Crippen molar-refractivity contribution in [3.05, 3.63) is 39.4 Å². The molecule has 25 heavy (non-hydrogen) atoms. The topological polar surface area (TPSA) is 108 Å². The first-order valence-electron chi connectivity index (χ1n) is 7.22. The normalized spacial score (nSPS) is 16.6. The molecule has 0 radical (unpaired) electrons. The van der Waals surface area contributed by atoms with Crippen LogP contribution in [0, 0.1) is 12.7 Å². The minimum atomic E-state index is -4.38. The molecule has 0 aliphatic carbocycles. The van der Waals surface area contributed by atoms with Crippen LogP contribution in [0.3, 0.4) is 0 Å². The van der Waals surface area contributed by atoms with Gasteiger partial charge in [-0.3, -0.25) is 0 Å². The summed E-state index contributed by atoms with van der Waals surface area (Å²) in [6.07, 6.45) is 0.653. The Hall–Kier alpha value is -2.40. The van der Waals surface area contributed by atoms with Gasteiger partial charge in [0.2, 0.25) is 20.7 Å². The number of azo groups is 1. The van der Waals surface area contributed by atoms with Gasteiger partial charge in [-0.25, -0.2) is 12.8 Å². The van der Waals surface area contributed by atoms with Crippen LogP contribution in [0.1, 0.15) is 17.5 Å². The van der Waals surface area contributed by atoms with Gasteiger partial charge in [0.1, 0.15) is 15.7 Å². The van der Waals surface area contributed by atoms with E-state index < -0.39 is 31.5 Å². The van der Waals surface area contributed by atoms with Crippen LogP contribution in [-0.2, 0) is 16.3 Å². The first-order valence-corrected chi connectivity index (χ1v) is 9.52. The number of nitrogens with zero attached hydrogens (tertiary/aromatic N) is 5. The van der Waals surface area contributed by atoms with E-state index in [0.717, 1.165) is 16.2 Å². The first kappa shape index (κ1) is 17.4. The summed E-state index contributed by atoms with van der Waals surface area (Å²) in [5, 5.41) is 25.3. The quantitative estimate of drug-likeness (QED) is 0.815. The summed E-state index contributed by atoms with van der Waals surface area (Å²) in [5.74, 6) is -1.52. The molecule has 0 unspecified atom stereocenters. The summed E-state index contributed by atoms with van der Waals surface area (Å²) in [4.78, 5) is 0.610. The number of aliphatic hydroxyl groups excluding tert-OH is 1. The SMILES string of the molecule is CCc1nnc(N=NC2=C(O)N(C)c3ccc(C)c(F)c3S2(=O)=O)s1. The Morgan fingerprint density at radius 1 is 1.32 bits per heavy atom. The van der Waals surface area contributed by atoms with Crippen molar-refractivity contribution in [2.75, 3.05) is 11.9 Å². The molecule has 3 rings (SSSR count). The van der Waals surface area contributed by atoms with E-state index in [1.54, 1.807) is 0 Å². The lowest BCUT2D eigenvalue weighted by atomic mass is 10.2. The molecule has 1 aromatic carbocycles. The Morgan fingerprint density at radius 2 is 2.04 bits per heavy atom. The minimum Gasteiger partial charge on any atom is -0.492 e. The zero-order valence-electron chi connectivity index (χ0n) is 13.6. The number of halogens is 1. The number of hydrogen-bond donors (Lipinski definition) is 1. The molecule has 132 valence electrons. The van der Waals surface area contributed by atoms with Crippen molar-refractivity contribution in [3.63, 3.8) is 0 Å². The van der Waals surface area contributed by atoms with Gasteiger partial charge in [0, 0.05) is 7.05 Å². The van der Waals surface area contributed by atoms with Crippen LogP contribution >= 0.6 is 11.3 Å². The van der Waals surface area contributed by atoms with Crippen LogP contribution in [0.15, 0.2) is 38.2 Å². The Morgan fingerprint density at radius 3 is 2.68 bits per heavy atom. The highest BCUT2D eigenvalue weighted by Gasteiger charge is 2.39. The van der Waals surface area contributed by atoms with E-state index in [9.17, 15) is 17.9 Å². The average molecular weight is 383 g/mol. The first-order chi connectivity index (χ1) is 11.8. The second-order valence-electron chi connectivity index (χ2n) is 5.27. The number of hydrogen-bond acceptors (Lipinski definition) is 9. The number of sulfone groups is 1. The zero-order valence-corrected chi connectivity index (χ0v) is 15.2. The third-order valence-corrected chi connectivity index (χ3v) is 6.30. The highest BCUT2D eigenvalue weighted by Crippen LogP contribution is 2.40. The van der Waals surface area contributed by atoms with E-state index in [2.05, 4.69) is 20.4 Å². The van der Waals surface area contributed by atoms with Crippen LogP contribution in [-0.4, -0.2) is 30.8 Å². The van der Waals surface area contributed by atoms with E-state index in [4.69, 9.17) is 0 Å². The molecule has 1 N–H and O–H groups in total. The van der Waals surface area contributed by atoms with Gasteiger partial charge >= 0.3 is 0 Å². The molecular weight excluding hydrogens is 369 g/mol. The maximum atomic E-state index is 14.5. The lowest BCUT2D eigenvalue weighted by Gasteiger charge is -2.27. The summed E-state index contributed by atoms with van der Waals surface area (Å²) in [7, 11) is -2.97. The highest BCUT2D eigenvalue weighted by atomic mass is 32.2. The zero-order chi connectivity index (χ0) is 18.4. The van der Waals surface area contributed by atoms with E-state index in [-0.39, 0.29) is 16.4 Å². The van der Waals surface area contributed by atoms with Gasteiger partial charge < -0.3 is 10.0 Å². The van der Waals surface area contributed by atoms with E-state index in [0.29, 0.717) is 11.4 Å². The fraction of sp³-hybridized carbons (Fsp3) is 0.286. The number of benzene rings is 1. The van der Waals surface area contributed by atoms with Crippen LogP contribution in [0.5, 0.6) is 0 Å². The minimum absolute atomic E-state index is 0.0312. The van der Waals surface area contributed by atoms with Crippen molar-refractivity contribution in [2.24, 2.45) is 10.2 Å². The van der Waals surface area contributed by atoms with Crippen molar-refractivity contribution < 1.29 is 17.9 Å². The van der Waals surface area contributed by atoms with Crippen molar-refractivity contribution >= 4 is 32.0 Å². The maximum absolute atomic E-state index is 14.5. The van der Waals surface area contributed by atoms with Crippen molar-refractivity contribution in [1.29, 1.82) is 0 Å². The van der Waals surface area contributed by atoms with Gasteiger partial charge in [-0.1, -0.05) is 24.3 Å². The largest absolute Gasteiger partial charge is 0.492 e. The second-order valence-corrected chi connectivity index (χ2v) is 8.11. The second kappa shape index (κ2) is 6.15. The third-order valence-electron chi connectivity index (χ3n) is 3.65. The molecular formula is C14H14FN5O3S2. The van der Waals surface area contributed by atoms with E-state index in [1.807, 2.05) is 6.92 Å². The molecule has 1 aliphatic rings. The summed E-state index contributed by atoms with van der Waals surface area (Å²) in [6, 6.07) is 2.86. The number of fused-ring (bicyclic) bond motifs is 1. The van der Waals surface area contributed by atoms with Gasteiger partial charge in [0.15, 0.2) is 0 Å². The molecule has 0 atom stereocenters. The van der Waals surface area contributed by atoms with Crippen LogP contribution < -0.4 is 4.90 Å². The van der Waals surface area contributed by atoms with Crippen molar-refractivity contribution in [3.8, 4) is 0 Å². The fourth-order valence-corrected chi connectivity index (χ4v) is 4.45. The molecule has 8 nitrogen and oxygen atoms in total. The fourth-order valence-electron chi connectivity index (χ4n) is 2.25. The Balaban J connectivity index is 2.13. The summed E-state index contributed by atoms with van der Waals surface area (Å²) in [6.45, 7) is 3.34. The van der Waals surface area contributed by atoms with E-state index >= 15 is 0 Å². The molecule has 0 bridgehead atoms. The molecule has 0 spiro atoms. The van der Waals surface area contributed by atoms with Crippen molar-refractivity contribution in [1.82, 2.24) is 10.2 Å². The highest BCUT2D eigenvalue weighted by molar-refractivity contribution is 7.95. The standard InChI is InChI=1S/C14H14FN5O3S2/c1-4-9-16-18-14(24-9)19-17-12-13(21)20(3)8-6-5-7(2)10(15)11(8)25(12,22)23/h5-6,21H,4H2,1-3H3. The van der Waals surface area contributed by atoms with Crippen LogP contribution in [0.25, 0.3) is 0 Å². The van der Waals surface area contributed by atoms with Gasteiger partial charge in [0.25, 0.3) is 5.13 Å². The number of aliphatic hydroxyl groups is 1. The molecule has 1 aliphatic heterocycles. The third kappa shape index (κ3) is 2.78. The summed E-state index contributed by atoms with van der Waals surface area (Å²) in [5.41, 5.74) is 0.203. The number of aryl methyl sites for hydroxylation is 2. The number of anilines is 1. The monoisotopic (exact) mass is 383 g/mol. The molecule has 0 saturated heterocycles. The smallest absolute Gasteiger partial charge is 0.251 e. The number of rotatable bonds is 3. The van der Waals surface area contributed by atoms with Gasteiger partial charge in [-0.05, 0) is 25.0 Å². The lowest BCUT2D eigenvalue weighted by Crippen LogP contribution is -2.28. The van der Waals surface area contributed by atoms with Gasteiger partial charge in [-0.2, -0.15) is 0 Å². The molecule has 11 heteroatoms. The Bertz CT molecular complexity index is 1010. The van der Waals surface area contributed by atoms with Gasteiger partial charge in [-0.15, -0.1) is 20.4 Å². The van der Waals surface area contributed by atoms with Crippen molar-refractivity contribution in [2.45, 2.75) is 25.2 Å². The van der Waals surface area contributed by atoms with Crippen LogP contribution in [0.2, 0.25) is 0 Å². The lowest BCUT2D eigenvalue weighted by molar-refractivity contribution is 0.388. The average Bonchev–Trinajstić information content (AvgIpc) is 3.03. The predicted molar refractivity (Wildman–Crippen MR) is 90.2 cm³/mol. The molecule has 2 aromatic rings. The van der Waals surface area contributed by atoms with E-state index in [1.165, 1.54) is 26.1 Å². The molecule has 1 aromatic heterocycles. The Labute approximate surface area is 147 Å². The predicted octanol–water partition coefficient (Wildman–Crippen LogP) is 3.24. The van der Waals surface area contributed by atoms with Gasteiger partial charge in [0.05, 0.1) is 5.69 Å². The maximum Gasteiger partial charge on any atom is 0.251 e. The molecule has 0 amide bonds. The molecule has 0 saturated carbocycles. The number of aromatic nitrogens is 2. The molecule has 0 fully saturated rings. The molecule has 2 heterocycles.